The first-order valence-electron chi connectivity index (χ1n) is 8.50. The Labute approximate surface area is 149 Å². The molecule has 3 aromatic rings. The van der Waals surface area contributed by atoms with E-state index in [-0.39, 0.29) is 0 Å². The summed E-state index contributed by atoms with van der Waals surface area (Å²) in [5.74, 6) is 0. The molecule has 0 amide bonds. The number of hydrogen-bond acceptors (Lipinski definition) is 3. The van der Waals surface area contributed by atoms with Gasteiger partial charge in [-0.15, -0.1) is 0 Å². The minimum absolute atomic E-state index is 0.796. The summed E-state index contributed by atoms with van der Waals surface area (Å²) in [5, 5.41) is 6.95. The van der Waals surface area contributed by atoms with Crippen molar-refractivity contribution in [3.8, 4) is 0 Å². The molecule has 0 bridgehead atoms. The van der Waals surface area contributed by atoms with Gasteiger partial charge >= 0.3 is 0 Å². The number of para-hydroxylation sites is 2. The minimum Gasteiger partial charge on any atom is -0.399 e. The molecule has 25 heavy (non-hydrogen) atoms. The maximum atomic E-state index is 6.18. The summed E-state index contributed by atoms with van der Waals surface area (Å²) < 4.78 is 0. The molecule has 0 aliphatic carbocycles. The molecule has 126 valence electrons. The Balaban J connectivity index is 1.96. The number of nitrogens with one attached hydrogen (secondary N) is 2. The highest BCUT2D eigenvalue weighted by Crippen LogP contribution is 2.31. The summed E-state index contributed by atoms with van der Waals surface area (Å²) in [6.45, 7) is 2.08. The van der Waals surface area contributed by atoms with Gasteiger partial charge in [0.05, 0.1) is 11.4 Å². The van der Waals surface area contributed by atoms with Gasteiger partial charge in [0.15, 0.2) is 0 Å². The Kier molecular flexibility index (Phi) is 5.37. The normalized spacial score (nSPS) is 11.2. The van der Waals surface area contributed by atoms with Crippen molar-refractivity contribution in [1.29, 1.82) is 0 Å². The Hall–Kier alpha value is -3.20. The molecule has 0 fully saturated rings. The van der Waals surface area contributed by atoms with E-state index in [9.17, 15) is 0 Å². The largest absolute Gasteiger partial charge is 0.399 e. The molecule has 0 spiro atoms. The van der Waals surface area contributed by atoms with Crippen LogP contribution in [0.25, 0.3) is 5.70 Å². The Morgan fingerprint density at radius 1 is 0.800 bits per heavy atom. The van der Waals surface area contributed by atoms with E-state index in [1.54, 1.807) is 0 Å². The third-order valence-electron chi connectivity index (χ3n) is 3.88. The molecular formula is C22H23N3. The molecule has 3 heteroatoms. The topological polar surface area (TPSA) is 50.1 Å². The Morgan fingerprint density at radius 2 is 1.36 bits per heavy atom. The average Bonchev–Trinajstić information content (AvgIpc) is 2.65. The molecule has 4 N–H and O–H groups in total. The van der Waals surface area contributed by atoms with Crippen LogP contribution >= 0.6 is 0 Å². The fourth-order valence-electron chi connectivity index (χ4n) is 2.63. The molecule has 0 heterocycles. The quantitative estimate of drug-likeness (QED) is 0.529. The molecule has 3 rings (SSSR count). The summed E-state index contributed by atoms with van der Waals surface area (Å²) in [6, 6.07) is 26.5. The van der Waals surface area contributed by atoms with Crippen molar-refractivity contribution in [3.05, 3.63) is 90.5 Å². The first kappa shape index (κ1) is 16.7. The van der Waals surface area contributed by atoms with E-state index in [4.69, 9.17) is 5.73 Å². The zero-order valence-electron chi connectivity index (χ0n) is 14.4. The van der Waals surface area contributed by atoms with E-state index in [1.165, 1.54) is 0 Å². The van der Waals surface area contributed by atoms with E-state index < -0.39 is 0 Å². The lowest BCUT2D eigenvalue weighted by atomic mass is 10.1. The molecule has 0 saturated carbocycles. The van der Waals surface area contributed by atoms with Crippen molar-refractivity contribution in [1.82, 2.24) is 0 Å². The summed E-state index contributed by atoms with van der Waals surface area (Å²) in [7, 11) is 0. The number of nitrogens with two attached hydrogens (primary N) is 1. The van der Waals surface area contributed by atoms with Crippen LogP contribution in [0.3, 0.4) is 0 Å². The average molecular weight is 329 g/mol. The monoisotopic (exact) mass is 329 g/mol. The van der Waals surface area contributed by atoms with Gasteiger partial charge in [0.2, 0.25) is 0 Å². The van der Waals surface area contributed by atoms with Crippen LogP contribution in [-0.2, 0) is 0 Å². The van der Waals surface area contributed by atoms with Crippen molar-refractivity contribution >= 4 is 28.4 Å². The van der Waals surface area contributed by atoms with Gasteiger partial charge in [0.25, 0.3) is 0 Å². The summed E-state index contributed by atoms with van der Waals surface area (Å²) in [5.41, 5.74) is 12.1. The van der Waals surface area contributed by atoms with Gasteiger partial charge in [-0.05, 0) is 48.4 Å². The van der Waals surface area contributed by atoms with Gasteiger partial charge in [0, 0.05) is 17.1 Å². The van der Waals surface area contributed by atoms with Crippen LogP contribution in [0.15, 0.2) is 84.9 Å². The van der Waals surface area contributed by atoms with Gasteiger partial charge in [-0.3, -0.25) is 0 Å². The molecule has 3 aromatic carbocycles. The number of allylic oxidation sites excluding steroid dienone is 1. The standard InChI is InChI=1S/C22H23N3/c1-2-9-20(23)17-14-15-21(24-18-10-5-3-6-11-18)22(16-17)25-19-12-7-4-8-13-19/h3-16,24-25H,2,23H2,1H3/b20-9-. The number of anilines is 4. The van der Waals surface area contributed by atoms with Crippen LogP contribution in [0, 0.1) is 0 Å². The number of rotatable bonds is 6. The molecule has 0 radical (unpaired) electrons. The van der Waals surface area contributed by atoms with Gasteiger partial charge in [-0.2, -0.15) is 0 Å². The first-order valence-corrected chi connectivity index (χ1v) is 8.50. The minimum atomic E-state index is 0.796. The second-order valence-electron chi connectivity index (χ2n) is 5.81. The maximum absolute atomic E-state index is 6.18. The Bertz CT molecular complexity index is 840. The molecular weight excluding hydrogens is 306 g/mol. The van der Waals surface area contributed by atoms with Crippen LogP contribution in [0.1, 0.15) is 18.9 Å². The zero-order chi connectivity index (χ0) is 17.5. The van der Waals surface area contributed by atoms with E-state index in [0.717, 1.165) is 40.4 Å². The SMILES string of the molecule is CC/C=C(\N)c1ccc(Nc2ccccc2)c(Nc2ccccc2)c1. The lowest BCUT2D eigenvalue weighted by molar-refractivity contribution is 1.22. The van der Waals surface area contributed by atoms with Gasteiger partial charge < -0.3 is 16.4 Å². The second-order valence-corrected chi connectivity index (χ2v) is 5.81. The van der Waals surface area contributed by atoms with Crippen LogP contribution in [0.4, 0.5) is 22.7 Å². The van der Waals surface area contributed by atoms with Gasteiger partial charge in [-0.1, -0.05) is 55.5 Å². The number of benzene rings is 3. The predicted octanol–water partition coefficient (Wildman–Crippen LogP) is 5.88. The van der Waals surface area contributed by atoms with Crippen molar-refractivity contribution in [3.63, 3.8) is 0 Å². The zero-order valence-corrected chi connectivity index (χ0v) is 14.4. The van der Waals surface area contributed by atoms with Gasteiger partial charge in [0.1, 0.15) is 0 Å². The molecule has 0 aliphatic rings. The van der Waals surface area contributed by atoms with Crippen LogP contribution < -0.4 is 16.4 Å². The molecule has 0 aliphatic heterocycles. The summed E-state index contributed by atoms with van der Waals surface area (Å²) in [4.78, 5) is 0. The molecule has 0 atom stereocenters. The van der Waals surface area contributed by atoms with Crippen molar-refractivity contribution in [2.24, 2.45) is 5.73 Å². The smallest absolute Gasteiger partial charge is 0.0630 e. The molecule has 0 aromatic heterocycles. The number of hydrogen-bond donors (Lipinski definition) is 3. The third kappa shape index (κ3) is 4.42. The van der Waals surface area contributed by atoms with Gasteiger partial charge in [-0.25, -0.2) is 0 Å². The predicted molar refractivity (Wildman–Crippen MR) is 108 cm³/mol. The van der Waals surface area contributed by atoms with E-state index in [0.29, 0.717) is 0 Å². The van der Waals surface area contributed by atoms with Crippen molar-refractivity contribution < 1.29 is 0 Å². The fourth-order valence-corrected chi connectivity index (χ4v) is 2.63. The highest BCUT2D eigenvalue weighted by Gasteiger charge is 2.07. The van der Waals surface area contributed by atoms with E-state index >= 15 is 0 Å². The molecule has 0 saturated heterocycles. The van der Waals surface area contributed by atoms with E-state index in [2.05, 4.69) is 29.7 Å². The fraction of sp³-hybridized carbons (Fsp3) is 0.0909. The third-order valence-corrected chi connectivity index (χ3v) is 3.88. The summed E-state index contributed by atoms with van der Waals surface area (Å²) >= 11 is 0. The van der Waals surface area contributed by atoms with Crippen molar-refractivity contribution in [2.75, 3.05) is 10.6 Å². The van der Waals surface area contributed by atoms with E-state index in [1.807, 2.05) is 72.8 Å². The first-order chi connectivity index (χ1) is 12.3. The maximum Gasteiger partial charge on any atom is 0.0630 e. The highest BCUT2D eigenvalue weighted by molar-refractivity contribution is 5.81. The lowest BCUT2D eigenvalue weighted by Crippen LogP contribution is -2.01. The summed E-state index contributed by atoms with van der Waals surface area (Å²) in [6.07, 6.45) is 2.95. The molecule has 0 unspecified atom stereocenters. The van der Waals surface area contributed by atoms with Crippen molar-refractivity contribution in [2.45, 2.75) is 13.3 Å². The van der Waals surface area contributed by atoms with Crippen LogP contribution in [-0.4, -0.2) is 0 Å². The Morgan fingerprint density at radius 3 is 1.92 bits per heavy atom. The molecule has 3 nitrogen and oxygen atoms in total. The second kappa shape index (κ2) is 8.06. The van der Waals surface area contributed by atoms with Crippen LogP contribution in [0.2, 0.25) is 0 Å². The lowest BCUT2D eigenvalue weighted by Gasteiger charge is -2.16. The van der Waals surface area contributed by atoms with Crippen LogP contribution in [0.5, 0.6) is 0 Å². The highest BCUT2D eigenvalue weighted by atomic mass is 15.0.